The summed E-state index contributed by atoms with van der Waals surface area (Å²) in [7, 11) is 0. The van der Waals surface area contributed by atoms with Gasteiger partial charge in [0.25, 0.3) is 0 Å². The van der Waals surface area contributed by atoms with Crippen molar-refractivity contribution in [2.24, 2.45) is 0 Å². The lowest BCUT2D eigenvalue weighted by Crippen LogP contribution is -2.33. The second-order valence-electron chi connectivity index (χ2n) is 5.60. The number of thiazole rings is 1. The number of benzene rings is 1. The SMILES string of the molecule is O=C(C[C@@H]1CCc2ccccc21)N(CCO)Cc1nccs1. The van der Waals surface area contributed by atoms with Gasteiger partial charge in [-0.2, -0.15) is 0 Å². The van der Waals surface area contributed by atoms with E-state index in [0.717, 1.165) is 17.8 Å². The molecule has 0 unspecified atom stereocenters. The number of aliphatic hydroxyl groups excluding tert-OH is 1. The first-order valence-electron chi connectivity index (χ1n) is 7.62. The predicted molar refractivity (Wildman–Crippen MR) is 86.7 cm³/mol. The molecule has 116 valence electrons. The molecule has 0 radical (unpaired) electrons. The quantitative estimate of drug-likeness (QED) is 0.891. The lowest BCUT2D eigenvalue weighted by atomic mass is 9.97. The predicted octanol–water partition coefficient (Wildman–Crippen LogP) is 2.58. The number of aliphatic hydroxyl groups is 1. The van der Waals surface area contributed by atoms with Crippen molar-refractivity contribution < 1.29 is 9.90 Å². The highest BCUT2D eigenvalue weighted by atomic mass is 32.1. The number of amides is 1. The molecule has 1 aromatic carbocycles. The first-order valence-corrected chi connectivity index (χ1v) is 8.50. The third kappa shape index (κ3) is 3.36. The Bertz CT molecular complexity index is 627. The van der Waals surface area contributed by atoms with E-state index in [1.165, 1.54) is 22.5 Å². The number of carbonyl (C=O) groups is 1. The van der Waals surface area contributed by atoms with Crippen LogP contribution in [0.2, 0.25) is 0 Å². The second kappa shape index (κ2) is 7.03. The van der Waals surface area contributed by atoms with Gasteiger partial charge >= 0.3 is 0 Å². The summed E-state index contributed by atoms with van der Waals surface area (Å²) in [6.45, 7) is 0.844. The molecule has 2 aromatic rings. The molecule has 1 heterocycles. The molecule has 1 atom stereocenters. The van der Waals surface area contributed by atoms with Crippen LogP contribution in [0.15, 0.2) is 35.8 Å². The zero-order valence-corrected chi connectivity index (χ0v) is 13.3. The Labute approximate surface area is 134 Å². The summed E-state index contributed by atoms with van der Waals surface area (Å²) >= 11 is 1.54. The zero-order valence-electron chi connectivity index (χ0n) is 12.4. The van der Waals surface area contributed by atoms with Crippen LogP contribution in [0, 0.1) is 0 Å². The van der Waals surface area contributed by atoms with Crippen LogP contribution in [0.4, 0.5) is 0 Å². The minimum absolute atomic E-state index is 0.0155. The van der Waals surface area contributed by atoms with Crippen molar-refractivity contribution in [1.82, 2.24) is 9.88 Å². The van der Waals surface area contributed by atoms with Crippen LogP contribution in [0.5, 0.6) is 0 Å². The van der Waals surface area contributed by atoms with Crippen LogP contribution >= 0.6 is 11.3 Å². The normalized spacial score (nSPS) is 16.5. The molecule has 22 heavy (non-hydrogen) atoms. The Hall–Kier alpha value is -1.72. The lowest BCUT2D eigenvalue weighted by molar-refractivity contribution is -0.132. The van der Waals surface area contributed by atoms with E-state index in [4.69, 9.17) is 0 Å². The van der Waals surface area contributed by atoms with E-state index in [-0.39, 0.29) is 12.5 Å². The highest BCUT2D eigenvalue weighted by Gasteiger charge is 2.26. The van der Waals surface area contributed by atoms with Gasteiger partial charge in [-0.3, -0.25) is 4.79 Å². The molecule has 0 spiro atoms. The van der Waals surface area contributed by atoms with Crippen LogP contribution in [-0.4, -0.2) is 34.0 Å². The molecule has 0 saturated heterocycles. The molecule has 1 N–H and O–H groups in total. The molecule has 1 aliphatic carbocycles. The summed E-state index contributed by atoms with van der Waals surface area (Å²) in [6, 6.07) is 8.39. The van der Waals surface area contributed by atoms with Gasteiger partial charge in [0.1, 0.15) is 5.01 Å². The van der Waals surface area contributed by atoms with E-state index in [2.05, 4.69) is 23.2 Å². The molecule has 3 rings (SSSR count). The second-order valence-corrected chi connectivity index (χ2v) is 6.58. The third-order valence-electron chi connectivity index (χ3n) is 4.21. The molecule has 4 nitrogen and oxygen atoms in total. The van der Waals surface area contributed by atoms with Crippen LogP contribution in [0.1, 0.15) is 34.9 Å². The Balaban J connectivity index is 1.67. The van der Waals surface area contributed by atoms with Crippen LogP contribution < -0.4 is 0 Å². The van der Waals surface area contributed by atoms with Crippen LogP contribution in [-0.2, 0) is 17.8 Å². The number of nitrogens with zero attached hydrogens (tertiary/aromatic N) is 2. The molecule has 0 aliphatic heterocycles. The summed E-state index contributed by atoms with van der Waals surface area (Å²) in [5.41, 5.74) is 2.68. The maximum absolute atomic E-state index is 12.6. The largest absolute Gasteiger partial charge is 0.395 e. The highest BCUT2D eigenvalue weighted by molar-refractivity contribution is 7.09. The number of aryl methyl sites for hydroxylation is 1. The molecule has 0 saturated carbocycles. The highest BCUT2D eigenvalue weighted by Crippen LogP contribution is 2.35. The minimum Gasteiger partial charge on any atom is -0.395 e. The summed E-state index contributed by atoms with van der Waals surface area (Å²) in [6.07, 6.45) is 4.35. The van der Waals surface area contributed by atoms with Crippen molar-refractivity contribution >= 4 is 17.2 Å². The van der Waals surface area contributed by atoms with E-state index in [9.17, 15) is 9.90 Å². The van der Waals surface area contributed by atoms with Gasteiger partial charge in [0.2, 0.25) is 5.91 Å². The Kier molecular flexibility index (Phi) is 4.85. The van der Waals surface area contributed by atoms with Crippen LogP contribution in [0.3, 0.4) is 0 Å². The van der Waals surface area contributed by atoms with E-state index >= 15 is 0 Å². The fraction of sp³-hybridized carbons (Fsp3) is 0.412. The number of rotatable bonds is 6. The maximum Gasteiger partial charge on any atom is 0.223 e. The standard InChI is InChI=1S/C17H20N2O2S/c20-9-8-19(12-16-18-7-10-22-16)17(21)11-14-6-5-13-3-1-2-4-15(13)14/h1-4,7,10,14,20H,5-6,8-9,11-12H2/t14-/m0/s1. The minimum atomic E-state index is -0.0155. The zero-order chi connectivity index (χ0) is 15.4. The average molecular weight is 316 g/mol. The first-order chi connectivity index (χ1) is 10.8. The molecule has 1 amide bonds. The average Bonchev–Trinajstić information content (AvgIpc) is 3.17. The van der Waals surface area contributed by atoms with Gasteiger partial charge in [-0.1, -0.05) is 24.3 Å². The van der Waals surface area contributed by atoms with Gasteiger partial charge in [0, 0.05) is 24.5 Å². The molecule has 5 heteroatoms. The number of carbonyl (C=O) groups excluding carboxylic acids is 1. The van der Waals surface area contributed by atoms with Gasteiger partial charge in [-0.05, 0) is 29.9 Å². The number of aromatic nitrogens is 1. The number of fused-ring (bicyclic) bond motifs is 1. The summed E-state index contributed by atoms with van der Waals surface area (Å²) in [5.74, 6) is 0.409. The molecule has 1 aliphatic rings. The molecule has 0 bridgehead atoms. The number of hydrogen-bond donors (Lipinski definition) is 1. The fourth-order valence-corrected chi connectivity index (χ4v) is 3.74. The lowest BCUT2D eigenvalue weighted by Gasteiger charge is -2.22. The van der Waals surface area contributed by atoms with Crippen molar-refractivity contribution in [2.75, 3.05) is 13.2 Å². The maximum atomic E-state index is 12.6. The van der Waals surface area contributed by atoms with Crippen molar-refractivity contribution in [3.63, 3.8) is 0 Å². The fourth-order valence-electron chi connectivity index (χ4n) is 3.10. The first kappa shape index (κ1) is 15.2. The third-order valence-corrected chi connectivity index (χ3v) is 4.97. The number of hydrogen-bond acceptors (Lipinski definition) is 4. The van der Waals surface area contributed by atoms with Gasteiger partial charge < -0.3 is 10.0 Å². The van der Waals surface area contributed by atoms with Gasteiger partial charge in [0.15, 0.2) is 0 Å². The van der Waals surface area contributed by atoms with E-state index in [0.29, 0.717) is 25.4 Å². The summed E-state index contributed by atoms with van der Waals surface area (Å²) < 4.78 is 0. The monoisotopic (exact) mass is 316 g/mol. The summed E-state index contributed by atoms with van der Waals surface area (Å²) in [5, 5.41) is 12.0. The van der Waals surface area contributed by atoms with Gasteiger partial charge in [0.05, 0.1) is 13.2 Å². The Morgan fingerprint density at radius 1 is 1.41 bits per heavy atom. The molecule has 1 aromatic heterocycles. The molecular weight excluding hydrogens is 296 g/mol. The summed E-state index contributed by atoms with van der Waals surface area (Å²) in [4.78, 5) is 18.6. The van der Waals surface area contributed by atoms with Gasteiger partial charge in [-0.25, -0.2) is 4.98 Å². The van der Waals surface area contributed by atoms with Crippen molar-refractivity contribution in [3.8, 4) is 0 Å². The van der Waals surface area contributed by atoms with Crippen molar-refractivity contribution in [2.45, 2.75) is 31.7 Å². The molecule has 0 fully saturated rings. The van der Waals surface area contributed by atoms with E-state index in [1.54, 1.807) is 11.1 Å². The molecular formula is C17H20N2O2S. The van der Waals surface area contributed by atoms with Gasteiger partial charge in [-0.15, -0.1) is 11.3 Å². The smallest absolute Gasteiger partial charge is 0.223 e. The Morgan fingerprint density at radius 3 is 3.05 bits per heavy atom. The van der Waals surface area contributed by atoms with Crippen molar-refractivity contribution in [3.05, 3.63) is 52.0 Å². The Morgan fingerprint density at radius 2 is 2.27 bits per heavy atom. The van der Waals surface area contributed by atoms with E-state index < -0.39 is 0 Å². The van der Waals surface area contributed by atoms with Crippen molar-refractivity contribution in [1.29, 1.82) is 0 Å². The van der Waals surface area contributed by atoms with Crippen LogP contribution in [0.25, 0.3) is 0 Å². The van der Waals surface area contributed by atoms with E-state index in [1.807, 2.05) is 11.4 Å². The topological polar surface area (TPSA) is 53.4 Å².